The van der Waals surface area contributed by atoms with E-state index in [2.05, 4.69) is 13.8 Å². The lowest BCUT2D eigenvalue weighted by atomic mass is 9.43. The summed E-state index contributed by atoms with van der Waals surface area (Å²) in [7, 11) is 0. The summed E-state index contributed by atoms with van der Waals surface area (Å²) in [6.45, 7) is 4.16. The predicted octanol–water partition coefficient (Wildman–Crippen LogP) is 2.25. The molecule has 0 heterocycles. The van der Waals surface area contributed by atoms with Gasteiger partial charge < -0.3 is 10.2 Å². The molecule has 0 aromatic heterocycles. The van der Waals surface area contributed by atoms with Gasteiger partial charge in [0.25, 0.3) is 0 Å². The third-order valence-electron chi connectivity index (χ3n) is 8.32. The van der Waals surface area contributed by atoms with Crippen LogP contribution in [0.1, 0.15) is 65.2 Å². The van der Waals surface area contributed by atoms with E-state index >= 15 is 0 Å². The van der Waals surface area contributed by atoms with E-state index < -0.39 is 17.1 Å². The lowest BCUT2D eigenvalue weighted by Gasteiger charge is -2.62. The maximum atomic E-state index is 12.9. The maximum Gasteiger partial charge on any atom is 0.165 e. The summed E-state index contributed by atoms with van der Waals surface area (Å²) < 4.78 is 0. The quantitative estimate of drug-likeness (QED) is 0.718. The Hall–Kier alpha value is -0.740. The molecule has 6 unspecified atom stereocenters. The van der Waals surface area contributed by atoms with Crippen molar-refractivity contribution in [2.75, 3.05) is 0 Å². The van der Waals surface area contributed by atoms with Gasteiger partial charge in [-0.15, -0.1) is 0 Å². The van der Waals surface area contributed by atoms with Gasteiger partial charge in [-0.05, 0) is 49.9 Å². The SMILES string of the molecule is CC12CCC3C(CC(=O)[C@@]4(O)CC(O)CCC34C)C1CCC2=O. The average molecular weight is 320 g/mol. The van der Waals surface area contributed by atoms with Crippen molar-refractivity contribution >= 4 is 11.6 Å². The molecule has 0 aromatic rings. The van der Waals surface area contributed by atoms with Gasteiger partial charge in [-0.1, -0.05) is 13.8 Å². The molecule has 4 fully saturated rings. The van der Waals surface area contributed by atoms with E-state index in [0.29, 0.717) is 43.3 Å². The summed E-state index contributed by atoms with van der Waals surface area (Å²) in [5.41, 5.74) is -2.07. The first kappa shape index (κ1) is 15.8. The lowest BCUT2D eigenvalue weighted by molar-refractivity contribution is -0.211. The Bertz CT molecular complexity index is 572. The van der Waals surface area contributed by atoms with Crippen LogP contribution in [0.5, 0.6) is 0 Å². The fourth-order valence-electron chi connectivity index (χ4n) is 6.79. The van der Waals surface area contributed by atoms with Gasteiger partial charge in [-0.2, -0.15) is 0 Å². The number of carbonyl (C=O) groups is 2. The summed E-state index contributed by atoms with van der Waals surface area (Å²) in [4.78, 5) is 25.3. The molecule has 4 rings (SSSR count). The minimum Gasteiger partial charge on any atom is -0.393 e. The molecule has 0 bridgehead atoms. The normalized spacial score (nSPS) is 56.0. The van der Waals surface area contributed by atoms with E-state index in [-0.39, 0.29) is 23.5 Å². The largest absolute Gasteiger partial charge is 0.393 e. The van der Waals surface area contributed by atoms with Gasteiger partial charge in [-0.25, -0.2) is 0 Å². The van der Waals surface area contributed by atoms with Crippen LogP contribution >= 0.6 is 0 Å². The van der Waals surface area contributed by atoms with Crippen LogP contribution in [0.15, 0.2) is 0 Å². The number of Topliss-reactive ketones (excluding diaryl/α,β-unsaturated/α-hetero) is 2. The van der Waals surface area contributed by atoms with Gasteiger partial charge in [-0.3, -0.25) is 9.59 Å². The first-order chi connectivity index (χ1) is 10.7. The molecule has 7 atom stereocenters. The van der Waals surface area contributed by atoms with Crippen LogP contribution in [-0.4, -0.2) is 33.5 Å². The molecule has 4 saturated carbocycles. The highest BCUT2D eigenvalue weighted by Gasteiger charge is 2.67. The number of carbonyl (C=O) groups excluding carboxylic acids is 2. The van der Waals surface area contributed by atoms with Crippen LogP contribution in [0, 0.1) is 28.6 Å². The third kappa shape index (κ3) is 1.80. The topological polar surface area (TPSA) is 74.6 Å². The second kappa shape index (κ2) is 4.66. The maximum absolute atomic E-state index is 12.9. The Kier molecular flexibility index (Phi) is 3.20. The van der Waals surface area contributed by atoms with Crippen LogP contribution in [0.25, 0.3) is 0 Å². The number of hydrogen-bond donors (Lipinski definition) is 2. The van der Waals surface area contributed by atoms with Crippen molar-refractivity contribution in [2.45, 2.75) is 76.9 Å². The second-order valence-corrected chi connectivity index (χ2v) is 9.10. The summed E-state index contributed by atoms with van der Waals surface area (Å²) in [5, 5.41) is 21.2. The Morgan fingerprint density at radius 2 is 1.74 bits per heavy atom. The average Bonchev–Trinajstić information content (AvgIpc) is 2.79. The first-order valence-corrected chi connectivity index (χ1v) is 9.19. The molecule has 4 aliphatic carbocycles. The predicted molar refractivity (Wildman–Crippen MR) is 84.6 cm³/mol. The van der Waals surface area contributed by atoms with Crippen LogP contribution < -0.4 is 0 Å². The van der Waals surface area contributed by atoms with Gasteiger partial charge in [0.05, 0.1) is 6.10 Å². The highest BCUT2D eigenvalue weighted by atomic mass is 16.3. The summed E-state index contributed by atoms with van der Waals surface area (Å²) >= 11 is 0. The minimum absolute atomic E-state index is 0.0939. The molecule has 0 amide bonds. The van der Waals surface area contributed by atoms with Crippen molar-refractivity contribution in [1.82, 2.24) is 0 Å². The smallest absolute Gasteiger partial charge is 0.165 e. The molecule has 128 valence electrons. The molecule has 23 heavy (non-hydrogen) atoms. The molecular weight excluding hydrogens is 292 g/mol. The Labute approximate surface area is 137 Å². The highest BCUT2D eigenvalue weighted by molar-refractivity contribution is 5.91. The van der Waals surface area contributed by atoms with E-state index in [0.717, 1.165) is 19.3 Å². The molecular formula is C19H28O4. The molecule has 0 saturated heterocycles. The fraction of sp³-hybridized carbons (Fsp3) is 0.895. The molecule has 0 aliphatic heterocycles. The standard InChI is InChI=1S/C19H28O4/c1-17-7-6-14-12(13(17)3-4-15(17)21)9-16(22)19(23)10-11(20)5-8-18(14,19)2/h11-14,20,23H,3-10H2,1-2H3/t11?,12?,13?,14?,17?,18?,19-/m0/s1. The van der Waals surface area contributed by atoms with E-state index in [1.807, 2.05) is 0 Å². The highest BCUT2D eigenvalue weighted by Crippen LogP contribution is 2.65. The zero-order valence-corrected chi connectivity index (χ0v) is 14.2. The van der Waals surface area contributed by atoms with Crippen molar-refractivity contribution in [2.24, 2.45) is 28.6 Å². The molecule has 4 nitrogen and oxygen atoms in total. The van der Waals surface area contributed by atoms with E-state index in [1.54, 1.807) is 0 Å². The van der Waals surface area contributed by atoms with E-state index in [9.17, 15) is 19.8 Å². The Morgan fingerprint density at radius 3 is 2.48 bits per heavy atom. The van der Waals surface area contributed by atoms with Gasteiger partial charge in [0.15, 0.2) is 5.78 Å². The van der Waals surface area contributed by atoms with Crippen LogP contribution in [0.3, 0.4) is 0 Å². The lowest BCUT2D eigenvalue weighted by Crippen LogP contribution is -2.67. The van der Waals surface area contributed by atoms with Crippen LogP contribution in [0.2, 0.25) is 0 Å². The van der Waals surface area contributed by atoms with Gasteiger partial charge in [0.1, 0.15) is 11.4 Å². The first-order valence-electron chi connectivity index (χ1n) is 9.19. The summed E-state index contributed by atoms with van der Waals surface area (Å²) in [6.07, 6.45) is 4.73. The third-order valence-corrected chi connectivity index (χ3v) is 8.32. The van der Waals surface area contributed by atoms with Crippen molar-refractivity contribution in [3.63, 3.8) is 0 Å². The Morgan fingerprint density at radius 1 is 1.00 bits per heavy atom. The van der Waals surface area contributed by atoms with Gasteiger partial charge in [0.2, 0.25) is 0 Å². The summed E-state index contributed by atoms with van der Waals surface area (Å²) in [5.74, 6) is 1.10. The number of aliphatic hydroxyl groups excluding tert-OH is 1. The van der Waals surface area contributed by atoms with Gasteiger partial charge >= 0.3 is 0 Å². The molecule has 0 radical (unpaired) electrons. The van der Waals surface area contributed by atoms with Gasteiger partial charge in [0, 0.05) is 30.1 Å². The number of rotatable bonds is 0. The molecule has 4 aliphatic rings. The monoisotopic (exact) mass is 320 g/mol. The molecule has 0 spiro atoms. The minimum atomic E-state index is -1.37. The van der Waals surface area contributed by atoms with Crippen molar-refractivity contribution in [3.8, 4) is 0 Å². The van der Waals surface area contributed by atoms with Crippen LogP contribution in [-0.2, 0) is 9.59 Å². The number of aliphatic hydroxyl groups is 2. The number of hydrogen-bond acceptors (Lipinski definition) is 4. The zero-order valence-electron chi connectivity index (χ0n) is 14.2. The number of ketones is 2. The second-order valence-electron chi connectivity index (χ2n) is 9.10. The van der Waals surface area contributed by atoms with E-state index in [1.165, 1.54) is 0 Å². The molecule has 0 aromatic carbocycles. The zero-order chi connectivity index (χ0) is 16.6. The van der Waals surface area contributed by atoms with E-state index in [4.69, 9.17) is 0 Å². The van der Waals surface area contributed by atoms with Crippen molar-refractivity contribution < 1.29 is 19.8 Å². The number of fused-ring (bicyclic) bond motifs is 5. The molecule has 2 N–H and O–H groups in total. The van der Waals surface area contributed by atoms with Crippen LogP contribution in [0.4, 0.5) is 0 Å². The summed E-state index contributed by atoms with van der Waals surface area (Å²) in [6, 6.07) is 0. The van der Waals surface area contributed by atoms with Crippen molar-refractivity contribution in [3.05, 3.63) is 0 Å². The van der Waals surface area contributed by atoms with Crippen molar-refractivity contribution in [1.29, 1.82) is 0 Å². The fourth-order valence-corrected chi connectivity index (χ4v) is 6.79. The Balaban J connectivity index is 1.74. The molecule has 4 heteroatoms.